The average molecular weight is 502 g/mol. The van der Waals surface area contributed by atoms with E-state index in [1.165, 1.54) is 100 Å². The van der Waals surface area contributed by atoms with Gasteiger partial charge in [0.2, 0.25) is 0 Å². The van der Waals surface area contributed by atoms with Gasteiger partial charge in [0.1, 0.15) is 12.4 Å². The van der Waals surface area contributed by atoms with Gasteiger partial charge < -0.3 is 0 Å². The maximum absolute atomic E-state index is 3.67. The highest BCUT2D eigenvalue weighted by Gasteiger charge is 2.41. The molecule has 2 heteroatoms. The largest absolute Gasteiger partial charge is 0.258 e. The number of aromatic nitrogens is 2. The minimum absolute atomic E-state index is 0.0160. The summed E-state index contributed by atoms with van der Waals surface area (Å²) in [7, 11) is 0. The number of nitrogens with zero attached hydrogens (tertiary/aromatic N) is 1. The molecule has 0 saturated heterocycles. The van der Waals surface area contributed by atoms with Crippen molar-refractivity contribution in [1.82, 2.24) is 4.98 Å². The SMILES string of the molecule is CCCCCCCCCCCCCCC(c1[nH]cc[n+]1CC)C(C)(Cc1ccccc1)c1ccccc1. The van der Waals surface area contributed by atoms with Crippen LogP contribution in [0.2, 0.25) is 0 Å². The van der Waals surface area contributed by atoms with Crippen LogP contribution in [0.4, 0.5) is 0 Å². The predicted molar refractivity (Wildman–Crippen MR) is 159 cm³/mol. The van der Waals surface area contributed by atoms with Crippen LogP contribution in [-0.2, 0) is 18.4 Å². The second-order valence-electron chi connectivity index (χ2n) is 11.3. The molecular weight excluding hydrogens is 448 g/mol. The van der Waals surface area contributed by atoms with Gasteiger partial charge in [0.15, 0.2) is 0 Å². The maximum Gasteiger partial charge on any atom is 0.258 e. The van der Waals surface area contributed by atoms with Gasteiger partial charge in [-0.2, -0.15) is 0 Å². The molecule has 2 nitrogen and oxygen atoms in total. The first-order valence-corrected chi connectivity index (χ1v) is 15.3. The molecule has 1 aromatic heterocycles. The van der Waals surface area contributed by atoms with E-state index in [4.69, 9.17) is 0 Å². The highest BCUT2D eigenvalue weighted by atomic mass is 15.1. The van der Waals surface area contributed by atoms with E-state index in [-0.39, 0.29) is 5.41 Å². The van der Waals surface area contributed by atoms with Crippen molar-refractivity contribution in [3.05, 3.63) is 90.0 Å². The summed E-state index contributed by atoms with van der Waals surface area (Å²) < 4.78 is 2.43. The molecule has 1 heterocycles. The van der Waals surface area contributed by atoms with E-state index in [0.717, 1.165) is 13.0 Å². The molecule has 2 unspecified atom stereocenters. The van der Waals surface area contributed by atoms with Gasteiger partial charge in [-0.3, -0.25) is 0 Å². The molecule has 3 aromatic rings. The van der Waals surface area contributed by atoms with E-state index in [2.05, 4.69) is 103 Å². The minimum atomic E-state index is 0.0160. The molecule has 1 N–H and O–H groups in total. The summed E-state index contributed by atoms with van der Waals surface area (Å²) in [6.07, 6.45) is 23.4. The summed E-state index contributed by atoms with van der Waals surface area (Å²) in [6.45, 7) is 8.06. The van der Waals surface area contributed by atoms with Gasteiger partial charge >= 0.3 is 0 Å². The number of aryl methyl sites for hydroxylation is 1. The lowest BCUT2D eigenvalue weighted by Gasteiger charge is -2.37. The van der Waals surface area contributed by atoms with Crippen molar-refractivity contribution in [3.8, 4) is 0 Å². The Morgan fingerprint density at radius 3 is 1.81 bits per heavy atom. The number of hydrogen-bond acceptors (Lipinski definition) is 0. The summed E-state index contributed by atoms with van der Waals surface area (Å²) in [5.41, 5.74) is 2.88. The zero-order chi connectivity index (χ0) is 26.2. The summed E-state index contributed by atoms with van der Waals surface area (Å²) in [4.78, 5) is 3.67. The first-order chi connectivity index (χ1) is 18.2. The molecular formula is C35H53N2+. The van der Waals surface area contributed by atoms with Crippen LogP contribution in [0, 0.1) is 0 Å². The number of rotatable bonds is 19. The number of nitrogens with one attached hydrogen (secondary N) is 1. The standard InChI is InChI=1S/C35H52N2/c1-4-6-7-8-9-10-11-12-13-14-15-22-27-33(34-36-28-29-37(34)5-2)35(3,32-25-20-17-21-26-32)30-31-23-18-16-19-24-31/h16-21,23-26,28-29,33H,4-15,22,27,30H2,1-3H3/p+1. The van der Waals surface area contributed by atoms with E-state index >= 15 is 0 Å². The minimum Gasteiger partial charge on any atom is -0.247 e. The normalized spacial score (nSPS) is 13.9. The Morgan fingerprint density at radius 2 is 1.24 bits per heavy atom. The summed E-state index contributed by atoms with van der Waals surface area (Å²) in [5, 5.41) is 0. The van der Waals surface area contributed by atoms with E-state index in [1.54, 1.807) is 0 Å². The Kier molecular flexibility index (Phi) is 13.0. The highest BCUT2D eigenvalue weighted by Crippen LogP contribution is 2.43. The van der Waals surface area contributed by atoms with Crippen molar-refractivity contribution in [2.45, 2.75) is 129 Å². The topological polar surface area (TPSA) is 19.7 Å². The molecule has 0 spiro atoms. The number of H-pyrrole nitrogens is 1. The average Bonchev–Trinajstić information content (AvgIpc) is 3.40. The Bertz CT molecular complexity index is 961. The fourth-order valence-electron chi connectivity index (χ4n) is 6.16. The molecule has 0 fully saturated rings. The predicted octanol–water partition coefficient (Wildman–Crippen LogP) is 9.70. The van der Waals surface area contributed by atoms with Gasteiger partial charge in [0, 0.05) is 5.41 Å². The maximum atomic E-state index is 3.67. The van der Waals surface area contributed by atoms with Crippen LogP contribution in [0.3, 0.4) is 0 Å². The molecule has 202 valence electrons. The van der Waals surface area contributed by atoms with Crippen LogP contribution in [-0.4, -0.2) is 4.98 Å². The van der Waals surface area contributed by atoms with Crippen LogP contribution in [0.1, 0.15) is 127 Å². The highest BCUT2D eigenvalue weighted by molar-refractivity contribution is 5.32. The molecule has 37 heavy (non-hydrogen) atoms. The molecule has 0 bridgehead atoms. The number of hydrogen-bond donors (Lipinski definition) is 1. The van der Waals surface area contributed by atoms with Crippen molar-refractivity contribution in [2.24, 2.45) is 0 Å². The van der Waals surface area contributed by atoms with Crippen molar-refractivity contribution in [2.75, 3.05) is 0 Å². The Morgan fingerprint density at radius 1 is 0.703 bits per heavy atom. The third-order valence-electron chi connectivity index (χ3n) is 8.43. The Balaban J connectivity index is 1.63. The van der Waals surface area contributed by atoms with Crippen LogP contribution < -0.4 is 4.57 Å². The summed E-state index contributed by atoms with van der Waals surface area (Å²) >= 11 is 0. The first-order valence-electron chi connectivity index (χ1n) is 15.3. The molecule has 2 atom stereocenters. The zero-order valence-corrected chi connectivity index (χ0v) is 24.1. The fourth-order valence-corrected chi connectivity index (χ4v) is 6.16. The van der Waals surface area contributed by atoms with Crippen LogP contribution in [0.25, 0.3) is 0 Å². The number of unbranched alkanes of at least 4 members (excludes halogenated alkanes) is 11. The van der Waals surface area contributed by atoms with Gasteiger partial charge in [-0.1, -0.05) is 152 Å². The molecule has 0 aliphatic rings. The molecule has 0 aliphatic heterocycles. The fraction of sp³-hybridized carbons (Fsp3) is 0.571. The van der Waals surface area contributed by atoms with Crippen LogP contribution in [0.15, 0.2) is 73.1 Å². The van der Waals surface area contributed by atoms with E-state index in [1.807, 2.05) is 0 Å². The molecule has 0 saturated carbocycles. The number of benzene rings is 2. The molecule has 3 rings (SSSR count). The quantitative estimate of drug-likeness (QED) is 0.125. The van der Waals surface area contributed by atoms with E-state index in [9.17, 15) is 0 Å². The van der Waals surface area contributed by atoms with Gasteiger partial charge in [-0.25, -0.2) is 9.55 Å². The monoisotopic (exact) mass is 501 g/mol. The van der Waals surface area contributed by atoms with Gasteiger partial charge in [0.05, 0.1) is 12.5 Å². The van der Waals surface area contributed by atoms with Gasteiger partial charge in [-0.05, 0) is 30.9 Å². The second kappa shape index (κ2) is 16.5. The third kappa shape index (κ3) is 9.16. The third-order valence-corrected chi connectivity index (χ3v) is 8.43. The van der Waals surface area contributed by atoms with Crippen molar-refractivity contribution >= 4 is 0 Å². The van der Waals surface area contributed by atoms with E-state index in [0.29, 0.717) is 5.92 Å². The molecule has 0 amide bonds. The van der Waals surface area contributed by atoms with Gasteiger partial charge in [0.25, 0.3) is 5.82 Å². The van der Waals surface area contributed by atoms with Crippen molar-refractivity contribution < 1.29 is 4.57 Å². The molecule has 2 aromatic carbocycles. The lowest BCUT2D eigenvalue weighted by Crippen LogP contribution is -2.43. The van der Waals surface area contributed by atoms with Gasteiger partial charge in [-0.15, -0.1) is 0 Å². The summed E-state index contributed by atoms with van der Waals surface area (Å²) in [5.74, 6) is 1.82. The Labute approximate surface area is 227 Å². The van der Waals surface area contributed by atoms with Crippen molar-refractivity contribution in [3.63, 3.8) is 0 Å². The number of aromatic amines is 1. The lowest BCUT2D eigenvalue weighted by atomic mass is 9.66. The van der Waals surface area contributed by atoms with Crippen LogP contribution in [0.5, 0.6) is 0 Å². The first kappa shape index (κ1) is 29.2. The zero-order valence-electron chi connectivity index (χ0n) is 24.1. The molecule has 0 radical (unpaired) electrons. The second-order valence-corrected chi connectivity index (χ2v) is 11.3. The van der Waals surface area contributed by atoms with Crippen molar-refractivity contribution in [1.29, 1.82) is 0 Å². The lowest BCUT2D eigenvalue weighted by molar-refractivity contribution is -0.701. The Hall–Kier alpha value is -2.35. The smallest absolute Gasteiger partial charge is 0.247 e. The molecule has 0 aliphatic carbocycles. The van der Waals surface area contributed by atoms with E-state index < -0.39 is 0 Å². The van der Waals surface area contributed by atoms with Crippen LogP contribution >= 0.6 is 0 Å². The summed E-state index contributed by atoms with van der Waals surface area (Å²) in [6, 6.07) is 22.3. The number of imidazole rings is 1.